The highest BCUT2D eigenvalue weighted by Gasteiger charge is 2.27. The summed E-state index contributed by atoms with van der Waals surface area (Å²) in [6, 6.07) is 13.1. The molecule has 1 atom stereocenters. The van der Waals surface area contributed by atoms with E-state index in [1.807, 2.05) is 6.07 Å². The van der Waals surface area contributed by atoms with Gasteiger partial charge < -0.3 is 20.3 Å². The summed E-state index contributed by atoms with van der Waals surface area (Å²) in [5, 5.41) is 28.2. The Kier molecular flexibility index (Phi) is 9.63. The Morgan fingerprint density at radius 3 is 2.50 bits per heavy atom. The van der Waals surface area contributed by atoms with Crippen LogP contribution in [0.1, 0.15) is 35.4 Å². The molecule has 0 saturated heterocycles. The van der Waals surface area contributed by atoms with Crippen LogP contribution in [-0.2, 0) is 11.2 Å². The van der Waals surface area contributed by atoms with Gasteiger partial charge in [0.1, 0.15) is 23.5 Å². The Morgan fingerprint density at radius 2 is 1.93 bits per heavy atom. The quantitative estimate of drug-likeness (QED) is 0.177. The lowest BCUT2D eigenvalue weighted by Gasteiger charge is -2.19. The van der Waals surface area contributed by atoms with E-state index in [2.05, 4.69) is 20.1 Å². The Balaban J connectivity index is 0.00000103. The minimum absolute atomic E-state index is 0.0544. The highest BCUT2D eigenvalue weighted by Crippen LogP contribution is 2.36. The molecule has 0 fully saturated rings. The minimum atomic E-state index is -0.833. The fraction of sp³-hybridized carbons (Fsp3) is 0.192. The molecule has 14 heteroatoms. The molecule has 0 spiro atoms. The number of nitrogens with two attached hydrogens (primary N) is 1. The summed E-state index contributed by atoms with van der Waals surface area (Å²) < 4.78 is 27.3. The van der Waals surface area contributed by atoms with Gasteiger partial charge in [0.05, 0.1) is 13.0 Å². The van der Waals surface area contributed by atoms with Crippen LogP contribution in [-0.4, -0.2) is 55.4 Å². The van der Waals surface area contributed by atoms with E-state index >= 15 is 4.39 Å². The number of amidine groups is 1. The number of aromatic nitrogens is 5. The van der Waals surface area contributed by atoms with E-state index < -0.39 is 23.4 Å². The lowest BCUT2D eigenvalue weighted by atomic mass is 9.90. The third-order valence-electron chi connectivity index (χ3n) is 5.36. The van der Waals surface area contributed by atoms with Crippen LogP contribution < -0.4 is 20.9 Å². The number of hydrogen-bond donors (Lipinski definition) is 4. The number of nitrogen functional groups attached to an aromatic ring is 1. The summed E-state index contributed by atoms with van der Waals surface area (Å²) >= 11 is 0. The van der Waals surface area contributed by atoms with Gasteiger partial charge in [-0.05, 0) is 24.1 Å². The topological polar surface area (TPSA) is 206 Å². The molecule has 2 aromatic heterocycles. The van der Waals surface area contributed by atoms with E-state index in [1.165, 1.54) is 31.6 Å². The molecule has 0 aliphatic heterocycles. The number of nitrogens with one attached hydrogen (secondary N) is 2. The molecule has 1 unspecified atom stereocenters. The number of hydrogen-bond acceptors (Lipinski definition) is 9. The number of aliphatic carboxylic acids is 1. The molecule has 4 aromatic rings. The average molecular weight is 549 g/mol. The smallest absolute Gasteiger partial charge is 0.350 e. The lowest BCUT2D eigenvalue weighted by molar-refractivity contribution is -0.134. The van der Waals surface area contributed by atoms with Crippen molar-refractivity contribution in [1.29, 1.82) is 10.7 Å². The number of carboxylic acids is 1. The number of rotatable bonds is 9. The van der Waals surface area contributed by atoms with Gasteiger partial charge in [-0.15, -0.1) is 9.78 Å². The van der Waals surface area contributed by atoms with Crippen LogP contribution in [0.15, 0.2) is 59.7 Å². The standard InChI is InChI=1S/C24H21FN8O3.C2H4O2/c1-35-16-12-17(20(25)19(13-16)36-10-7-26)18(11-14-3-5-15(6-4-14)21(27)28)22-31-24(34)33(32-22)23-29-8-2-9-30-23;1-2(3)4/h2-6,8-9,12-13,18H,10-11H2,1H3,(H3,27,28)(H,31,32,34);1H3,(H,3,4). The minimum Gasteiger partial charge on any atom is -0.497 e. The number of halogens is 1. The Labute approximate surface area is 227 Å². The van der Waals surface area contributed by atoms with Gasteiger partial charge >= 0.3 is 5.69 Å². The van der Waals surface area contributed by atoms with Gasteiger partial charge in [0.15, 0.2) is 18.2 Å². The summed E-state index contributed by atoms with van der Waals surface area (Å²) in [6.45, 7) is 0.720. The van der Waals surface area contributed by atoms with Crippen LogP contribution in [0.25, 0.3) is 5.95 Å². The van der Waals surface area contributed by atoms with Crippen LogP contribution in [0.5, 0.6) is 11.5 Å². The third-order valence-corrected chi connectivity index (χ3v) is 5.36. The van der Waals surface area contributed by atoms with E-state index in [0.717, 1.165) is 17.2 Å². The zero-order valence-electron chi connectivity index (χ0n) is 21.5. The molecule has 2 heterocycles. The van der Waals surface area contributed by atoms with Crippen LogP contribution in [0.3, 0.4) is 0 Å². The van der Waals surface area contributed by atoms with Gasteiger partial charge in [0.25, 0.3) is 11.9 Å². The van der Waals surface area contributed by atoms with E-state index in [1.54, 1.807) is 30.3 Å². The molecule has 5 N–H and O–H groups in total. The first-order valence-corrected chi connectivity index (χ1v) is 11.6. The first kappa shape index (κ1) is 29.0. The second kappa shape index (κ2) is 13.3. The van der Waals surface area contributed by atoms with E-state index in [-0.39, 0.29) is 41.9 Å². The molecule has 40 heavy (non-hydrogen) atoms. The molecular formula is C26H25FN8O5. The number of nitriles is 1. The SMILES string of the molecule is CC(=O)O.COc1cc(OCC#N)c(F)c(C(Cc2ccc(C(=N)N)cc2)c2nn(-c3ncccn3)c(=O)[nH]2)c1. The third kappa shape index (κ3) is 7.25. The Hall–Kier alpha value is -5.58. The highest BCUT2D eigenvalue weighted by molar-refractivity contribution is 5.94. The second-order valence-electron chi connectivity index (χ2n) is 8.14. The molecule has 206 valence electrons. The number of H-pyrrole nitrogens is 1. The maximum atomic E-state index is 15.7. The molecule has 0 aliphatic carbocycles. The summed E-state index contributed by atoms with van der Waals surface area (Å²) in [4.78, 5) is 32.5. The van der Waals surface area contributed by atoms with Gasteiger partial charge in [-0.1, -0.05) is 24.3 Å². The summed E-state index contributed by atoms with van der Waals surface area (Å²) in [5.41, 5.74) is 6.38. The Morgan fingerprint density at radius 1 is 1.27 bits per heavy atom. The van der Waals surface area contributed by atoms with Gasteiger partial charge in [-0.25, -0.2) is 19.2 Å². The number of nitrogens with zero attached hydrogens (tertiary/aromatic N) is 5. The maximum absolute atomic E-state index is 15.7. The zero-order chi connectivity index (χ0) is 29.2. The first-order chi connectivity index (χ1) is 19.1. The van der Waals surface area contributed by atoms with Crippen molar-refractivity contribution in [1.82, 2.24) is 24.7 Å². The lowest BCUT2D eigenvalue weighted by Crippen LogP contribution is -2.18. The summed E-state index contributed by atoms with van der Waals surface area (Å²) in [6.07, 6.45) is 3.15. The van der Waals surface area contributed by atoms with Gasteiger partial charge in [0.2, 0.25) is 0 Å². The van der Waals surface area contributed by atoms with Crippen LogP contribution in [0, 0.1) is 22.6 Å². The molecule has 0 aliphatic rings. The fourth-order valence-electron chi connectivity index (χ4n) is 3.62. The van der Waals surface area contributed by atoms with Crippen molar-refractivity contribution < 1.29 is 23.8 Å². The van der Waals surface area contributed by atoms with Crippen molar-refractivity contribution in [2.45, 2.75) is 19.3 Å². The average Bonchev–Trinajstić information content (AvgIpc) is 3.33. The number of aromatic amines is 1. The number of ether oxygens (including phenoxy) is 2. The predicted octanol–water partition coefficient (Wildman–Crippen LogP) is 2.15. The molecule has 2 aromatic carbocycles. The van der Waals surface area contributed by atoms with E-state index in [9.17, 15) is 4.79 Å². The van der Waals surface area contributed by atoms with Gasteiger partial charge in [0, 0.05) is 36.5 Å². The number of carbonyl (C=O) groups is 1. The van der Waals surface area contributed by atoms with Crippen LogP contribution >= 0.6 is 0 Å². The first-order valence-electron chi connectivity index (χ1n) is 11.6. The van der Waals surface area contributed by atoms with Gasteiger partial charge in [-0.3, -0.25) is 15.2 Å². The summed E-state index contributed by atoms with van der Waals surface area (Å²) in [5.74, 6) is -2.10. The van der Waals surface area contributed by atoms with E-state index in [4.69, 9.17) is 35.8 Å². The predicted molar refractivity (Wildman–Crippen MR) is 140 cm³/mol. The largest absolute Gasteiger partial charge is 0.497 e. The number of methoxy groups -OCH3 is 1. The van der Waals surface area contributed by atoms with Crippen LogP contribution in [0.4, 0.5) is 4.39 Å². The van der Waals surface area contributed by atoms with Gasteiger partial charge in [-0.2, -0.15) is 5.26 Å². The fourth-order valence-corrected chi connectivity index (χ4v) is 3.62. The molecule has 0 radical (unpaired) electrons. The van der Waals surface area contributed by atoms with Crippen molar-refractivity contribution in [3.63, 3.8) is 0 Å². The number of benzene rings is 2. The molecule has 13 nitrogen and oxygen atoms in total. The van der Waals surface area contributed by atoms with E-state index in [0.29, 0.717) is 11.3 Å². The Bertz CT molecular complexity index is 1580. The second-order valence-corrected chi connectivity index (χ2v) is 8.14. The van der Waals surface area contributed by atoms with Crippen molar-refractivity contribution in [3.8, 4) is 23.5 Å². The normalized spacial score (nSPS) is 10.9. The zero-order valence-corrected chi connectivity index (χ0v) is 21.5. The maximum Gasteiger partial charge on any atom is 0.350 e. The number of carboxylic acid groups (broad SMARTS) is 1. The molecule has 0 amide bonds. The van der Waals surface area contributed by atoms with Crippen molar-refractivity contribution in [3.05, 3.63) is 93.7 Å². The summed E-state index contributed by atoms with van der Waals surface area (Å²) in [7, 11) is 1.42. The van der Waals surface area contributed by atoms with Crippen molar-refractivity contribution >= 4 is 11.8 Å². The van der Waals surface area contributed by atoms with Crippen LogP contribution in [0.2, 0.25) is 0 Å². The molecule has 0 bridgehead atoms. The highest BCUT2D eigenvalue weighted by atomic mass is 19.1. The molecular weight excluding hydrogens is 523 g/mol. The monoisotopic (exact) mass is 548 g/mol. The van der Waals surface area contributed by atoms with Crippen molar-refractivity contribution in [2.75, 3.05) is 13.7 Å². The van der Waals surface area contributed by atoms with Crippen molar-refractivity contribution in [2.24, 2.45) is 5.73 Å². The molecule has 0 saturated carbocycles. The molecule has 4 rings (SSSR count).